The molecule has 0 atom stereocenters. The summed E-state index contributed by atoms with van der Waals surface area (Å²) in [5, 5.41) is 4.42. The zero-order valence-corrected chi connectivity index (χ0v) is 13.5. The Bertz CT molecular complexity index is 685. The molecule has 0 amide bonds. The summed E-state index contributed by atoms with van der Waals surface area (Å²) in [5.41, 5.74) is 4.32. The molecule has 1 fully saturated rings. The number of aryl methyl sites for hydroxylation is 2. The van der Waals surface area contributed by atoms with E-state index in [9.17, 15) is 4.79 Å². The molecular weight excluding hydrogens is 278 g/mol. The number of rotatable bonds is 3. The molecule has 0 radical (unpaired) electrons. The number of ether oxygens (including phenoxy) is 1. The van der Waals surface area contributed by atoms with Gasteiger partial charge in [0, 0.05) is 13.2 Å². The number of aromatic nitrogens is 3. The van der Waals surface area contributed by atoms with E-state index in [2.05, 4.69) is 16.1 Å². The Balaban J connectivity index is 1.67. The molecule has 5 heteroatoms. The highest BCUT2D eigenvalue weighted by atomic mass is 16.5. The highest BCUT2D eigenvalue weighted by Crippen LogP contribution is 2.32. The van der Waals surface area contributed by atoms with Gasteiger partial charge in [-0.15, -0.1) is 0 Å². The van der Waals surface area contributed by atoms with Crippen LogP contribution in [0.3, 0.4) is 0 Å². The lowest BCUT2D eigenvalue weighted by Crippen LogP contribution is -2.23. The second-order valence-electron chi connectivity index (χ2n) is 6.37. The predicted molar refractivity (Wildman–Crippen MR) is 84.4 cm³/mol. The minimum atomic E-state index is -0.0492. The highest BCUT2D eigenvalue weighted by Gasteiger charge is 2.27. The van der Waals surface area contributed by atoms with Crippen molar-refractivity contribution in [2.45, 2.75) is 39.0 Å². The molecular formula is C17H23N3O2. The van der Waals surface area contributed by atoms with Crippen molar-refractivity contribution in [1.82, 2.24) is 14.8 Å². The summed E-state index contributed by atoms with van der Waals surface area (Å²) in [6, 6.07) is 2.20. The molecule has 1 saturated carbocycles. The quantitative estimate of drug-likeness (QED) is 0.818. The Morgan fingerprint density at radius 2 is 2.09 bits per heavy atom. The molecule has 0 N–H and O–H groups in total. The van der Waals surface area contributed by atoms with Crippen molar-refractivity contribution in [3.05, 3.63) is 23.5 Å². The zero-order valence-electron chi connectivity index (χ0n) is 13.5. The van der Waals surface area contributed by atoms with Gasteiger partial charge in [-0.3, -0.25) is 14.5 Å². The average molecular weight is 301 g/mol. The Kier molecular flexibility index (Phi) is 4.14. The Hall–Kier alpha value is -1.91. The van der Waals surface area contributed by atoms with Gasteiger partial charge in [0.2, 0.25) is 0 Å². The van der Waals surface area contributed by atoms with Gasteiger partial charge in [0.25, 0.3) is 0 Å². The lowest BCUT2D eigenvalue weighted by Gasteiger charge is -2.26. The molecule has 0 unspecified atom stereocenters. The van der Waals surface area contributed by atoms with Crippen LogP contribution < -0.4 is 0 Å². The Morgan fingerprint density at radius 3 is 2.77 bits per heavy atom. The number of nitrogens with zero attached hydrogens (tertiary/aromatic N) is 3. The van der Waals surface area contributed by atoms with E-state index in [0.717, 1.165) is 48.8 Å². The molecule has 0 aromatic carbocycles. The normalized spacial score (nSPS) is 22.0. The lowest BCUT2D eigenvalue weighted by atomic mass is 9.79. The molecule has 22 heavy (non-hydrogen) atoms. The molecule has 1 aliphatic rings. The van der Waals surface area contributed by atoms with E-state index >= 15 is 0 Å². The fraction of sp³-hybridized carbons (Fsp3) is 0.588. The number of hydrogen-bond donors (Lipinski definition) is 0. The maximum absolute atomic E-state index is 11.6. The van der Waals surface area contributed by atoms with E-state index in [1.807, 2.05) is 24.9 Å². The van der Waals surface area contributed by atoms with Crippen LogP contribution in [0.2, 0.25) is 0 Å². The van der Waals surface area contributed by atoms with Crippen LogP contribution in [-0.2, 0) is 23.0 Å². The standard InChI is InChI=1S/C17H23N3O2/c1-11-16-15(20(2)19-11)9-13(10-18-16)8-12-4-6-14(7-5-12)17(21)22-3/h9-10,12,14H,4-8H2,1-3H3/t12-,14-. The minimum Gasteiger partial charge on any atom is -0.469 e. The summed E-state index contributed by atoms with van der Waals surface area (Å²) in [6.07, 6.45) is 7.06. The first-order chi connectivity index (χ1) is 10.6. The molecule has 2 heterocycles. The maximum Gasteiger partial charge on any atom is 0.308 e. The van der Waals surface area contributed by atoms with Crippen molar-refractivity contribution in [3.63, 3.8) is 0 Å². The molecule has 5 nitrogen and oxygen atoms in total. The number of fused-ring (bicyclic) bond motifs is 1. The first kappa shape index (κ1) is 15.0. The molecule has 2 aromatic heterocycles. The Labute approximate surface area is 130 Å². The number of pyridine rings is 1. The topological polar surface area (TPSA) is 57.0 Å². The predicted octanol–water partition coefficient (Wildman–Crippen LogP) is 2.80. The van der Waals surface area contributed by atoms with Crippen LogP contribution in [-0.4, -0.2) is 27.8 Å². The first-order valence-electron chi connectivity index (χ1n) is 7.94. The van der Waals surface area contributed by atoms with Crippen LogP contribution in [0.1, 0.15) is 36.9 Å². The molecule has 0 aliphatic heterocycles. The lowest BCUT2D eigenvalue weighted by molar-refractivity contribution is -0.146. The van der Waals surface area contributed by atoms with E-state index in [4.69, 9.17) is 4.74 Å². The van der Waals surface area contributed by atoms with Gasteiger partial charge in [-0.2, -0.15) is 5.10 Å². The SMILES string of the molecule is COC(=O)[C@H]1CC[C@H](Cc2cnc3c(C)nn(C)c3c2)CC1. The fourth-order valence-corrected chi connectivity index (χ4v) is 3.56. The average Bonchev–Trinajstić information content (AvgIpc) is 2.81. The molecule has 1 aliphatic carbocycles. The van der Waals surface area contributed by atoms with Crippen LogP contribution >= 0.6 is 0 Å². The van der Waals surface area contributed by atoms with Gasteiger partial charge in [-0.05, 0) is 56.6 Å². The van der Waals surface area contributed by atoms with Gasteiger partial charge in [-0.25, -0.2) is 0 Å². The largest absolute Gasteiger partial charge is 0.469 e. The number of hydrogen-bond acceptors (Lipinski definition) is 4. The second kappa shape index (κ2) is 6.07. The van der Waals surface area contributed by atoms with Gasteiger partial charge < -0.3 is 4.74 Å². The van der Waals surface area contributed by atoms with E-state index in [1.165, 1.54) is 12.7 Å². The highest BCUT2D eigenvalue weighted by molar-refractivity contribution is 5.77. The third kappa shape index (κ3) is 2.85. The molecule has 118 valence electrons. The third-order valence-electron chi connectivity index (χ3n) is 4.82. The fourth-order valence-electron chi connectivity index (χ4n) is 3.56. The smallest absolute Gasteiger partial charge is 0.308 e. The van der Waals surface area contributed by atoms with Gasteiger partial charge in [0.1, 0.15) is 5.52 Å². The van der Waals surface area contributed by atoms with Gasteiger partial charge in [-0.1, -0.05) is 0 Å². The van der Waals surface area contributed by atoms with Crippen LogP contribution in [0.5, 0.6) is 0 Å². The van der Waals surface area contributed by atoms with Crippen molar-refractivity contribution in [2.75, 3.05) is 7.11 Å². The van der Waals surface area contributed by atoms with E-state index in [0.29, 0.717) is 5.92 Å². The summed E-state index contributed by atoms with van der Waals surface area (Å²) in [6.45, 7) is 1.99. The number of carbonyl (C=O) groups excluding carboxylic acids is 1. The van der Waals surface area contributed by atoms with Crippen LogP contribution in [0.15, 0.2) is 12.3 Å². The van der Waals surface area contributed by atoms with E-state index in [-0.39, 0.29) is 11.9 Å². The van der Waals surface area contributed by atoms with E-state index in [1.54, 1.807) is 0 Å². The summed E-state index contributed by atoms with van der Waals surface area (Å²) in [4.78, 5) is 16.1. The van der Waals surface area contributed by atoms with Gasteiger partial charge in [0.15, 0.2) is 0 Å². The van der Waals surface area contributed by atoms with Crippen molar-refractivity contribution < 1.29 is 9.53 Å². The number of esters is 1. The van der Waals surface area contributed by atoms with Crippen molar-refractivity contribution in [3.8, 4) is 0 Å². The number of carbonyl (C=O) groups is 1. The van der Waals surface area contributed by atoms with Crippen molar-refractivity contribution in [1.29, 1.82) is 0 Å². The monoisotopic (exact) mass is 301 g/mol. The van der Waals surface area contributed by atoms with Crippen molar-refractivity contribution in [2.24, 2.45) is 18.9 Å². The summed E-state index contributed by atoms with van der Waals surface area (Å²) < 4.78 is 6.75. The maximum atomic E-state index is 11.6. The number of methoxy groups -OCH3 is 1. The molecule has 2 aromatic rings. The van der Waals surface area contributed by atoms with Gasteiger partial charge in [0.05, 0.1) is 24.2 Å². The summed E-state index contributed by atoms with van der Waals surface area (Å²) >= 11 is 0. The van der Waals surface area contributed by atoms with E-state index < -0.39 is 0 Å². The minimum absolute atomic E-state index is 0.0492. The molecule has 0 saturated heterocycles. The van der Waals surface area contributed by atoms with Crippen molar-refractivity contribution >= 4 is 17.0 Å². The summed E-state index contributed by atoms with van der Waals surface area (Å²) in [5.74, 6) is 0.683. The zero-order chi connectivity index (χ0) is 15.7. The first-order valence-corrected chi connectivity index (χ1v) is 7.94. The molecule has 3 rings (SSSR count). The van der Waals surface area contributed by atoms with Crippen LogP contribution in [0.4, 0.5) is 0 Å². The second-order valence-corrected chi connectivity index (χ2v) is 6.37. The molecule has 0 bridgehead atoms. The Morgan fingerprint density at radius 1 is 1.36 bits per heavy atom. The van der Waals surface area contributed by atoms with Gasteiger partial charge >= 0.3 is 5.97 Å². The van der Waals surface area contributed by atoms with Crippen LogP contribution in [0, 0.1) is 18.8 Å². The third-order valence-corrected chi connectivity index (χ3v) is 4.82. The summed E-state index contributed by atoms with van der Waals surface area (Å²) in [7, 11) is 3.44. The van der Waals surface area contributed by atoms with Crippen LogP contribution in [0.25, 0.3) is 11.0 Å². The molecule has 0 spiro atoms.